The number of benzene rings is 2. The van der Waals surface area contributed by atoms with Crippen LogP contribution < -0.4 is 10.6 Å². The van der Waals surface area contributed by atoms with Gasteiger partial charge in [0.2, 0.25) is 0 Å². The summed E-state index contributed by atoms with van der Waals surface area (Å²) in [6.07, 6.45) is 3.91. The number of hydrogen-bond donors (Lipinski definition) is 2. The number of nitrogens with zero attached hydrogens (tertiary/aromatic N) is 1. The van der Waals surface area contributed by atoms with Crippen molar-refractivity contribution >= 4 is 23.2 Å². The lowest BCUT2D eigenvalue weighted by molar-refractivity contribution is 0.101. The number of nitrogens with one attached hydrogen (secondary N) is 2. The molecule has 2 N–H and O–H groups in total. The number of Topliss-reactive ketones (excluding diaryl/α,β-unsaturated/α-hetero) is 1. The van der Waals surface area contributed by atoms with Crippen LogP contribution in [0.4, 0.5) is 16.2 Å². The van der Waals surface area contributed by atoms with Gasteiger partial charge in [0.15, 0.2) is 5.78 Å². The average Bonchev–Trinajstić information content (AvgIpc) is 3.10. The molecule has 0 atom stereocenters. The van der Waals surface area contributed by atoms with Crippen LogP contribution in [0.2, 0.25) is 0 Å². The van der Waals surface area contributed by atoms with Gasteiger partial charge in [-0.3, -0.25) is 4.79 Å². The van der Waals surface area contributed by atoms with Gasteiger partial charge in [-0.25, -0.2) is 4.79 Å². The van der Waals surface area contributed by atoms with Crippen LogP contribution in [0.5, 0.6) is 0 Å². The molecule has 0 unspecified atom stereocenters. The standard InChI is InChI=1S/C19H17N3O2/c1-14(23)15-5-4-6-17(13-15)21-19(24)20-16-7-9-18(10-8-16)22-11-2-3-12-22/h2-13H,1H3,(H2,20,21,24). The van der Waals surface area contributed by atoms with E-state index < -0.39 is 0 Å². The van der Waals surface area contributed by atoms with Crippen molar-refractivity contribution in [2.75, 3.05) is 10.6 Å². The van der Waals surface area contributed by atoms with Crippen molar-refractivity contribution in [1.82, 2.24) is 4.57 Å². The Labute approximate surface area is 139 Å². The Balaban J connectivity index is 1.64. The van der Waals surface area contributed by atoms with Crippen molar-refractivity contribution in [3.05, 3.63) is 78.6 Å². The molecule has 0 aliphatic carbocycles. The first kappa shape index (κ1) is 15.6. The molecule has 0 radical (unpaired) electrons. The summed E-state index contributed by atoms with van der Waals surface area (Å²) < 4.78 is 1.98. The Hall–Kier alpha value is -3.34. The van der Waals surface area contributed by atoms with Crippen LogP contribution in [0.1, 0.15) is 17.3 Å². The van der Waals surface area contributed by atoms with Crippen LogP contribution in [-0.2, 0) is 0 Å². The molecule has 0 saturated heterocycles. The average molecular weight is 319 g/mol. The highest BCUT2D eigenvalue weighted by atomic mass is 16.2. The van der Waals surface area contributed by atoms with Gasteiger partial charge in [-0.15, -0.1) is 0 Å². The van der Waals surface area contributed by atoms with Gasteiger partial charge in [0.25, 0.3) is 0 Å². The van der Waals surface area contributed by atoms with Crippen LogP contribution in [-0.4, -0.2) is 16.4 Å². The first-order valence-corrected chi connectivity index (χ1v) is 7.54. The number of urea groups is 1. The zero-order valence-electron chi connectivity index (χ0n) is 13.2. The number of carbonyl (C=O) groups excluding carboxylic acids is 2. The molecule has 0 aliphatic heterocycles. The van der Waals surface area contributed by atoms with Gasteiger partial charge in [-0.05, 0) is 55.5 Å². The van der Waals surface area contributed by atoms with Crippen LogP contribution >= 0.6 is 0 Å². The number of hydrogen-bond acceptors (Lipinski definition) is 2. The van der Waals surface area contributed by atoms with Crippen LogP contribution in [0.15, 0.2) is 73.1 Å². The summed E-state index contributed by atoms with van der Waals surface area (Å²) in [4.78, 5) is 23.4. The molecule has 0 spiro atoms. The van der Waals surface area contributed by atoms with Gasteiger partial charge in [0.05, 0.1) is 0 Å². The minimum atomic E-state index is -0.357. The second-order valence-electron chi connectivity index (χ2n) is 5.35. The number of carbonyl (C=O) groups is 2. The predicted octanol–water partition coefficient (Wildman–Crippen LogP) is 4.32. The quantitative estimate of drug-likeness (QED) is 0.703. The van der Waals surface area contributed by atoms with Crippen molar-refractivity contribution in [3.63, 3.8) is 0 Å². The third-order valence-corrected chi connectivity index (χ3v) is 3.55. The summed E-state index contributed by atoms with van der Waals surface area (Å²) in [6, 6.07) is 17.9. The maximum atomic E-state index is 12.1. The van der Waals surface area contributed by atoms with E-state index in [4.69, 9.17) is 0 Å². The summed E-state index contributed by atoms with van der Waals surface area (Å²) in [5, 5.41) is 5.49. The van der Waals surface area contributed by atoms with E-state index >= 15 is 0 Å². The molecule has 1 aromatic heterocycles. The molecule has 2 aromatic carbocycles. The van der Waals surface area contributed by atoms with Crippen LogP contribution in [0.3, 0.4) is 0 Å². The Morgan fingerprint density at radius 2 is 1.50 bits per heavy atom. The lowest BCUT2D eigenvalue weighted by Crippen LogP contribution is -2.19. The number of rotatable bonds is 4. The zero-order chi connectivity index (χ0) is 16.9. The summed E-state index contributed by atoms with van der Waals surface area (Å²) in [7, 11) is 0. The van der Waals surface area contributed by atoms with Gasteiger partial charge >= 0.3 is 6.03 Å². The van der Waals surface area contributed by atoms with E-state index in [0.29, 0.717) is 16.9 Å². The fourth-order valence-electron chi connectivity index (χ4n) is 2.33. The Morgan fingerprint density at radius 1 is 0.833 bits per heavy atom. The molecule has 0 fully saturated rings. The van der Waals surface area contributed by atoms with Crippen molar-refractivity contribution in [2.45, 2.75) is 6.92 Å². The Bertz CT molecular complexity index is 853. The third kappa shape index (κ3) is 3.70. The molecule has 0 bridgehead atoms. The number of ketones is 1. The molecule has 2 amide bonds. The van der Waals surface area contributed by atoms with Crippen molar-refractivity contribution < 1.29 is 9.59 Å². The third-order valence-electron chi connectivity index (χ3n) is 3.55. The van der Waals surface area contributed by atoms with Crippen molar-refractivity contribution in [1.29, 1.82) is 0 Å². The van der Waals surface area contributed by atoms with Gasteiger partial charge in [0.1, 0.15) is 0 Å². The molecule has 5 nitrogen and oxygen atoms in total. The second-order valence-corrected chi connectivity index (χ2v) is 5.35. The molecule has 120 valence electrons. The Morgan fingerprint density at radius 3 is 2.17 bits per heavy atom. The molecular formula is C19H17N3O2. The fraction of sp³-hybridized carbons (Fsp3) is 0.0526. The molecular weight excluding hydrogens is 302 g/mol. The number of aromatic nitrogens is 1. The highest BCUT2D eigenvalue weighted by molar-refractivity contribution is 6.01. The van der Waals surface area contributed by atoms with Gasteiger partial charge in [0, 0.05) is 35.0 Å². The molecule has 0 aliphatic rings. The minimum Gasteiger partial charge on any atom is -0.324 e. The first-order chi connectivity index (χ1) is 11.6. The molecule has 3 aromatic rings. The van der Waals surface area contributed by atoms with Gasteiger partial charge in [-0.1, -0.05) is 12.1 Å². The van der Waals surface area contributed by atoms with Gasteiger partial charge < -0.3 is 15.2 Å². The lowest BCUT2D eigenvalue weighted by Gasteiger charge is -2.09. The van der Waals surface area contributed by atoms with E-state index in [9.17, 15) is 9.59 Å². The second kappa shape index (κ2) is 6.83. The number of anilines is 2. The lowest BCUT2D eigenvalue weighted by atomic mass is 10.1. The highest BCUT2D eigenvalue weighted by Crippen LogP contribution is 2.15. The first-order valence-electron chi connectivity index (χ1n) is 7.54. The normalized spacial score (nSPS) is 10.2. The van der Waals surface area contributed by atoms with Gasteiger partial charge in [-0.2, -0.15) is 0 Å². The van der Waals surface area contributed by atoms with E-state index in [2.05, 4.69) is 10.6 Å². The minimum absolute atomic E-state index is 0.0420. The number of amides is 2. The van der Waals surface area contributed by atoms with Crippen LogP contribution in [0, 0.1) is 0 Å². The maximum Gasteiger partial charge on any atom is 0.323 e. The summed E-state index contributed by atoms with van der Waals surface area (Å²) in [5.74, 6) is -0.0420. The largest absolute Gasteiger partial charge is 0.324 e. The molecule has 5 heteroatoms. The zero-order valence-corrected chi connectivity index (χ0v) is 13.2. The fourth-order valence-corrected chi connectivity index (χ4v) is 2.33. The predicted molar refractivity (Wildman–Crippen MR) is 94.9 cm³/mol. The van der Waals surface area contributed by atoms with E-state index in [1.54, 1.807) is 24.3 Å². The molecule has 0 saturated carbocycles. The monoisotopic (exact) mass is 319 g/mol. The smallest absolute Gasteiger partial charge is 0.323 e. The van der Waals surface area contributed by atoms with Crippen LogP contribution in [0.25, 0.3) is 5.69 Å². The Kier molecular flexibility index (Phi) is 4.43. The van der Waals surface area contributed by atoms with E-state index in [0.717, 1.165) is 5.69 Å². The summed E-state index contributed by atoms with van der Waals surface area (Å²) in [6.45, 7) is 1.49. The SMILES string of the molecule is CC(=O)c1cccc(NC(=O)Nc2ccc(-n3cccc3)cc2)c1. The van der Waals surface area contributed by atoms with E-state index in [-0.39, 0.29) is 11.8 Å². The molecule has 3 rings (SSSR count). The summed E-state index contributed by atoms with van der Waals surface area (Å²) >= 11 is 0. The topological polar surface area (TPSA) is 63.1 Å². The molecule has 24 heavy (non-hydrogen) atoms. The van der Waals surface area contributed by atoms with E-state index in [1.165, 1.54) is 6.92 Å². The maximum absolute atomic E-state index is 12.1. The van der Waals surface area contributed by atoms with E-state index in [1.807, 2.05) is 53.4 Å². The van der Waals surface area contributed by atoms with Crippen molar-refractivity contribution in [2.24, 2.45) is 0 Å². The van der Waals surface area contributed by atoms with Crippen molar-refractivity contribution in [3.8, 4) is 5.69 Å². The molecule has 1 heterocycles. The highest BCUT2D eigenvalue weighted by Gasteiger charge is 2.05. The summed E-state index contributed by atoms with van der Waals surface area (Å²) in [5.41, 5.74) is 2.83.